The Morgan fingerprint density at radius 3 is 2.35 bits per heavy atom. The number of carbonyl (C=O) groups excluding carboxylic acids is 1. The van der Waals surface area contributed by atoms with Gasteiger partial charge in [0.05, 0.1) is 11.4 Å². The van der Waals surface area contributed by atoms with Crippen molar-refractivity contribution in [2.24, 2.45) is 0 Å². The summed E-state index contributed by atoms with van der Waals surface area (Å²) < 4.78 is 26.8. The Labute approximate surface area is 189 Å². The zero-order chi connectivity index (χ0) is 22.4. The number of benzene rings is 2. The molecule has 0 aliphatic carbocycles. The Balaban J connectivity index is 1.56. The first-order chi connectivity index (χ1) is 14.8. The maximum atomic E-state index is 12.7. The first kappa shape index (κ1) is 23.5. The van der Waals surface area contributed by atoms with Crippen LogP contribution in [0.25, 0.3) is 0 Å². The zero-order valence-corrected chi connectivity index (χ0v) is 19.5. The molecular formula is C22H29ClN4O3S. The minimum atomic E-state index is -3.57. The molecule has 7 nitrogen and oxygen atoms in total. The molecule has 1 aliphatic rings. The summed E-state index contributed by atoms with van der Waals surface area (Å²) in [6, 6.07) is 14.2. The van der Waals surface area contributed by atoms with Crippen LogP contribution < -0.4 is 10.2 Å². The third kappa shape index (κ3) is 5.98. The van der Waals surface area contributed by atoms with E-state index in [9.17, 15) is 13.2 Å². The summed E-state index contributed by atoms with van der Waals surface area (Å²) in [7, 11) is -3.57. The summed E-state index contributed by atoms with van der Waals surface area (Å²) in [6.45, 7) is 7.81. The molecule has 1 heterocycles. The van der Waals surface area contributed by atoms with Gasteiger partial charge in [0.25, 0.3) is 0 Å². The van der Waals surface area contributed by atoms with E-state index in [2.05, 4.69) is 15.1 Å². The van der Waals surface area contributed by atoms with Crippen molar-refractivity contribution in [1.29, 1.82) is 0 Å². The highest BCUT2D eigenvalue weighted by atomic mass is 35.5. The summed E-state index contributed by atoms with van der Waals surface area (Å²) >= 11 is 6.08. The molecule has 2 aromatic rings. The summed E-state index contributed by atoms with van der Waals surface area (Å²) in [6.07, 6.45) is 0. The molecule has 2 aromatic carbocycles. The molecule has 1 aliphatic heterocycles. The highest BCUT2D eigenvalue weighted by molar-refractivity contribution is 7.89. The molecule has 1 saturated heterocycles. The number of hydrogen-bond acceptors (Lipinski definition) is 5. The van der Waals surface area contributed by atoms with Crippen LogP contribution in [0.1, 0.15) is 13.8 Å². The van der Waals surface area contributed by atoms with Crippen molar-refractivity contribution < 1.29 is 13.2 Å². The minimum Gasteiger partial charge on any atom is -0.369 e. The highest BCUT2D eigenvalue weighted by Crippen LogP contribution is 2.21. The van der Waals surface area contributed by atoms with Crippen LogP contribution in [0.3, 0.4) is 0 Å². The van der Waals surface area contributed by atoms with Crippen LogP contribution in [-0.4, -0.2) is 69.3 Å². The van der Waals surface area contributed by atoms with Crippen molar-refractivity contribution in [1.82, 2.24) is 9.21 Å². The van der Waals surface area contributed by atoms with E-state index in [4.69, 9.17) is 11.6 Å². The van der Waals surface area contributed by atoms with E-state index in [1.165, 1.54) is 10.4 Å². The lowest BCUT2D eigenvalue weighted by Crippen LogP contribution is -2.48. The molecule has 31 heavy (non-hydrogen) atoms. The quantitative estimate of drug-likeness (QED) is 0.649. The Kier molecular flexibility index (Phi) is 7.94. The predicted octanol–water partition coefficient (Wildman–Crippen LogP) is 3.13. The van der Waals surface area contributed by atoms with Crippen LogP contribution in [0.4, 0.5) is 11.4 Å². The zero-order valence-electron chi connectivity index (χ0n) is 17.9. The van der Waals surface area contributed by atoms with Crippen LogP contribution in [0.5, 0.6) is 0 Å². The first-order valence-electron chi connectivity index (χ1n) is 10.5. The van der Waals surface area contributed by atoms with Crippen molar-refractivity contribution in [3.8, 4) is 0 Å². The predicted molar refractivity (Wildman–Crippen MR) is 125 cm³/mol. The Morgan fingerprint density at radius 2 is 1.71 bits per heavy atom. The van der Waals surface area contributed by atoms with Gasteiger partial charge in [-0.1, -0.05) is 37.6 Å². The van der Waals surface area contributed by atoms with Crippen LogP contribution in [0.2, 0.25) is 5.02 Å². The van der Waals surface area contributed by atoms with Gasteiger partial charge in [0.2, 0.25) is 15.9 Å². The summed E-state index contributed by atoms with van der Waals surface area (Å²) in [5.41, 5.74) is 1.57. The van der Waals surface area contributed by atoms with Gasteiger partial charge in [-0.2, -0.15) is 4.31 Å². The van der Waals surface area contributed by atoms with E-state index in [0.29, 0.717) is 23.8 Å². The molecule has 0 bridgehead atoms. The molecule has 0 radical (unpaired) electrons. The standard InChI is InChI=1S/C22H29ClN4O3S/c1-3-27(4-2)31(29,30)21-10-6-8-19(16-21)24-22(28)17-25-11-13-26(14-12-25)20-9-5-7-18(23)15-20/h5-10,15-16H,3-4,11-14,17H2,1-2H3,(H,24,28). The average molecular weight is 465 g/mol. The number of anilines is 2. The lowest BCUT2D eigenvalue weighted by molar-refractivity contribution is -0.117. The second kappa shape index (κ2) is 10.5. The number of rotatable bonds is 8. The van der Waals surface area contributed by atoms with Gasteiger partial charge in [0, 0.05) is 55.7 Å². The van der Waals surface area contributed by atoms with Gasteiger partial charge in [0.1, 0.15) is 0 Å². The molecule has 9 heteroatoms. The number of piperazine rings is 1. The second-order valence-corrected chi connectivity index (χ2v) is 9.78. The van der Waals surface area contributed by atoms with Crippen LogP contribution in [0.15, 0.2) is 53.4 Å². The summed E-state index contributed by atoms with van der Waals surface area (Å²) in [5.74, 6) is -0.159. The molecule has 0 saturated carbocycles. The third-order valence-electron chi connectivity index (χ3n) is 5.37. The van der Waals surface area contributed by atoms with E-state index in [0.717, 1.165) is 31.9 Å². The summed E-state index contributed by atoms with van der Waals surface area (Å²) in [4.78, 5) is 17.1. The molecule has 3 rings (SSSR count). The lowest BCUT2D eigenvalue weighted by Gasteiger charge is -2.35. The first-order valence-corrected chi connectivity index (χ1v) is 12.3. The molecule has 1 N–H and O–H groups in total. The van der Waals surface area contributed by atoms with E-state index in [1.807, 2.05) is 24.3 Å². The van der Waals surface area contributed by atoms with Gasteiger partial charge in [-0.05, 0) is 36.4 Å². The van der Waals surface area contributed by atoms with Crippen molar-refractivity contribution in [2.45, 2.75) is 18.7 Å². The topological polar surface area (TPSA) is 73.0 Å². The van der Waals surface area contributed by atoms with Gasteiger partial charge >= 0.3 is 0 Å². The monoisotopic (exact) mass is 464 g/mol. The van der Waals surface area contributed by atoms with Gasteiger partial charge in [0.15, 0.2) is 0 Å². The molecular weight excluding hydrogens is 436 g/mol. The minimum absolute atomic E-state index is 0.159. The number of amides is 1. The molecule has 0 aromatic heterocycles. The van der Waals surface area contributed by atoms with Gasteiger partial charge in [-0.15, -0.1) is 0 Å². The lowest BCUT2D eigenvalue weighted by atomic mass is 10.2. The third-order valence-corrected chi connectivity index (χ3v) is 7.65. The summed E-state index contributed by atoms with van der Waals surface area (Å²) in [5, 5.41) is 3.54. The van der Waals surface area contributed by atoms with Gasteiger partial charge in [-0.25, -0.2) is 8.42 Å². The van der Waals surface area contributed by atoms with Crippen LogP contribution in [0, 0.1) is 0 Å². The van der Waals surface area contributed by atoms with Crippen molar-refractivity contribution in [3.05, 3.63) is 53.6 Å². The second-order valence-electron chi connectivity index (χ2n) is 7.41. The molecule has 1 fully saturated rings. The number of carbonyl (C=O) groups is 1. The Morgan fingerprint density at radius 1 is 1.03 bits per heavy atom. The van der Waals surface area contributed by atoms with E-state index in [1.54, 1.807) is 32.0 Å². The number of hydrogen-bond donors (Lipinski definition) is 1. The molecule has 0 atom stereocenters. The Hall–Kier alpha value is -2.13. The maximum absolute atomic E-state index is 12.7. The fourth-order valence-electron chi connectivity index (χ4n) is 3.69. The van der Waals surface area contributed by atoms with E-state index >= 15 is 0 Å². The van der Waals surface area contributed by atoms with Crippen molar-refractivity contribution in [3.63, 3.8) is 0 Å². The van der Waals surface area contributed by atoms with Crippen LogP contribution >= 0.6 is 11.6 Å². The average Bonchev–Trinajstić information content (AvgIpc) is 2.75. The molecule has 0 unspecified atom stereocenters. The fraction of sp³-hybridized carbons (Fsp3) is 0.409. The van der Waals surface area contributed by atoms with Gasteiger partial charge in [-0.3, -0.25) is 9.69 Å². The van der Waals surface area contributed by atoms with E-state index < -0.39 is 10.0 Å². The smallest absolute Gasteiger partial charge is 0.243 e. The van der Waals surface area contributed by atoms with E-state index in [-0.39, 0.29) is 17.3 Å². The van der Waals surface area contributed by atoms with Crippen molar-refractivity contribution >= 4 is 38.9 Å². The maximum Gasteiger partial charge on any atom is 0.243 e. The normalized spacial score (nSPS) is 15.3. The van der Waals surface area contributed by atoms with Gasteiger partial charge < -0.3 is 10.2 Å². The number of sulfonamides is 1. The number of nitrogens with zero attached hydrogens (tertiary/aromatic N) is 3. The number of halogens is 1. The SMILES string of the molecule is CCN(CC)S(=O)(=O)c1cccc(NC(=O)CN2CCN(c3cccc(Cl)c3)CC2)c1. The number of nitrogens with one attached hydrogen (secondary N) is 1. The van der Waals surface area contributed by atoms with Crippen molar-refractivity contribution in [2.75, 3.05) is 56.0 Å². The highest BCUT2D eigenvalue weighted by Gasteiger charge is 2.23. The van der Waals surface area contributed by atoms with Crippen LogP contribution in [-0.2, 0) is 14.8 Å². The molecule has 1 amide bonds. The fourth-order valence-corrected chi connectivity index (χ4v) is 5.38. The largest absolute Gasteiger partial charge is 0.369 e. The Bertz CT molecular complexity index is 1000. The molecule has 0 spiro atoms. The molecule has 168 valence electrons.